The number of alkyl carbamates (subject to hydrolysis) is 1. The number of hydrogen-bond donors (Lipinski definition) is 2. The van der Waals surface area contributed by atoms with Crippen LogP contribution in [0.3, 0.4) is 0 Å². The molecule has 0 saturated heterocycles. The van der Waals surface area contributed by atoms with Crippen molar-refractivity contribution in [1.82, 2.24) is 10.2 Å². The molecular formula is C16H19I2N3O4. The van der Waals surface area contributed by atoms with Gasteiger partial charge in [-0.25, -0.2) is 4.79 Å². The first-order chi connectivity index (χ1) is 11.4. The second kappa shape index (κ2) is 8.88. The lowest BCUT2D eigenvalue weighted by atomic mass is 10.0. The van der Waals surface area contributed by atoms with E-state index >= 15 is 0 Å². The smallest absolute Gasteiger partial charge is 0.408 e. The summed E-state index contributed by atoms with van der Waals surface area (Å²) in [5, 5.41) is 21.3. The molecule has 136 valence electrons. The van der Waals surface area contributed by atoms with Gasteiger partial charge in [-0.15, -0.1) is 0 Å². The summed E-state index contributed by atoms with van der Waals surface area (Å²) >= 11 is 3.98. The number of phenolic OH excluding ortho intramolecular Hbond substituents is 1. The lowest BCUT2D eigenvalue weighted by Gasteiger charge is -2.24. The van der Waals surface area contributed by atoms with E-state index in [0.29, 0.717) is 7.14 Å². The minimum absolute atomic E-state index is 0.163. The van der Waals surface area contributed by atoms with Crippen LogP contribution in [0.25, 0.3) is 0 Å². The molecular weight excluding hydrogens is 552 g/mol. The van der Waals surface area contributed by atoms with Crippen LogP contribution in [-0.2, 0) is 16.0 Å². The van der Waals surface area contributed by atoms with Gasteiger partial charge in [0.15, 0.2) is 6.19 Å². The third-order valence-electron chi connectivity index (χ3n) is 2.99. The van der Waals surface area contributed by atoms with Crippen LogP contribution in [0.1, 0.15) is 26.3 Å². The Morgan fingerprint density at radius 3 is 2.32 bits per heavy atom. The molecule has 25 heavy (non-hydrogen) atoms. The number of hydrogen-bond acceptors (Lipinski definition) is 5. The molecule has 1 rings (SSSR count). The van der Waals surface area contributed by atoms with Crippen LogP contribution >= 0.6 is 45.2 Å². The van der Waals surface area contributed by atoms with Gasteiger partial charge in [-0.05, 0) is 83.6 Å². The van der Waals surface area contributed by atoms with Gasteiger partial charge in [0, 0.05) is 13.5 Å². The van der Waals surface area contributed by atoms with Crippen molar-refractivity contribution in [2.24, 2.45) is 0 Å². The Bertz CT molecular complexity index is 687. The number of nitrogens with zero attached hydrogens (tertiary/aromatic N) is 2. The fourth-order valence-corrected chi connectivity index (χ4v) is 3.80. The lowest BCUT2D eigenvalue weighted by molar-refractivity contribution is -0.129. The predicted molar refractivity (Wildman–Crippen MR) is 109 cm³/mol. The van der Waals surface area contributed by atoms with Gasteiger partial charge >= 0.3 is 6.09 Å². The van der Waals surface area contributed by atoms with Crippen molar-refractivity contribution in [2.75, 3.05) is 7.05 Å². The van der Waals surface area contributed by atoms with Crippen molar-refractivity contribution >= 4 is 57.2 Å². The molecule has 0 heterocycles. The summed E-state index contributed by atoms with van der Waals surface area (Å²) in [5.41, 5.74) is 0.0367. The summed E-state index contributed by atoms with van der Waals surface area (Å²) in [6.07, 6.45) is 1.16. The van der Waals surface area contributed by atoms with Crippen LogP contribution in [0, 0.1) is 18.6 Å². The summed E-state index contributed by atoms with van der Waals surface area (Å²) in [6, 6.07) is 2.49. The second-order valence-electron chi connectivity index (χ2n) is 6.31. The summed E-state index contributed by atoms with van der Waals surface area (Å²) in [4.78, 5) is 25.3. The minimum Gasteiger partial charge on any atom is -0.506 e. The van der Waals surface area contributed by atoms with Crippen molar-refractivity contribution in [3.63, 3.8) is 0 Å². The number of carbonyl (C=O) groups excluding carboxylic acids is 2. The maximum Gasteiger partial charge on any atom is 0.408 e. The molecule has 0 saturated carbocycles. The third-order valence-corrected chi connectivity index (χ3v) is 4.63. The molecule has 0 unspecified atom stereocenters. The van der Waals surface area contributed by atoms with E-state index in [2.05, 4.69) is 5.32 Å². The van der Waals surface area contributed by atoms with Crippen molar-refractivity contribution in [3.05, 3.63) is 24.8 Å². The Morgan fingerprint density at radius 2 is 1.88 bits per heavy atom. The summed E-state index contributed by atoms with van der Waals surface area (Å²) < 4.78 is 6.46. The van der Waals surface area contributed by atoms with Crippen LogP contribution in [0.15, 0.2) is 12.1 Å². The Balaban J connectivity index is 3.05. The Morgan fingerprint density at radius 1 is 1.36 bits per heavy atom. The molecule has 0 fully saturated rings. The highest BCUT2D eigenvalue weighted by Gasteiger charge is 2.27. The monoisotopic (exact) mass is 571 g/mol. The fourth-order valence-electron chi connectivity index (χ4n) is 1.90. The van der Waals surface area contributed by atoms with Crippen LogP contribution in [-0.4, -0.2) is 40.7 Å². The van der Waals surface area contributed by atoms with Gasteiger partial charge in [-0.2, -0.15) is 5.26 Å². The average Bonchev–Trinajstić information content (AvgIpc) is 2.48. The number of aromatic hydroxyl groups is 1. The summed E-state index contributed by atoms with van der Waals surface area (Å²) in [6.45, 7) is 5.15. The molecule has 0 aliphatic heterocycles. The zero-order valence-electron chi connectivity index (χ0n) is 14.3. The Kier molecular flexibility index (Phi) is 7.73. The molecule has 7 nitrogen and oxygen atoms in total. The van der Waals surface area contributed by atoms with Crippen LogP contribution in [0.2, 0.25) is 0 Å². The van der Waals surface area contributed by atoms with Gasteiger partial charge in [-0.3, -0.25) is 9.69 Å². The molecule has 0 bridgehead atoms. The number of amides is 2. The van der Waals surface area contributed by atoms with Crippen molar-refractivity contribution in [1.29, 1.82) is 5.26 Å². The van der Waals surface area contributed by atoms with Gasteiger partial charge in [0.2, 0.25) is 0 Å². The van der Waals surface area contributed by atoms with E-state index in [0.717, 1.165) is 10.5 Å². The van der Waals surface area contributed by atoms with E-state index in [-0.39, 0.29) is 12.2 Å². The Hall–Kier alpha value is -1.29. The first-order valence-electron chi connectivity index (χ1n) is 7.28. The summed E-state index contributed by atoms with van der Waals surface area (Å²) in [7, 11) is 1.33. The van der Waals surface area contributed by atoms with Gasteiger partial charge < -0.3 is 15.2 Å². The predicted octanol–water partition coefficient (Wildman–Crippen LogP) is 2.98. The molecule has 2 N–H and O–H groups in total. The van der Waals surface area contributed by atoms with Crippen LogP contribution in [0.4, 0.5) is 4.79 Å². The zero-order valence-corrected chi connectivity index (χ0v) is 18.6. The lowest BCUT2D eigenvalue weighted by Crippen LogP contribution is -2.48. The quantitative estimate of drug-likeness (QED) is 0.329. The number of nitriles is 1. The van der Waals surface area contributed by atoms with E-state index in [1.165, 1.54) is 7.05 Å². The summed E-state index contributed by atoms with van der Waals surface area (Å²) in [5.74, 6) is -0.381. The highest BCUT2D eigenvalue weighted by atomic mass is 127. The highest BCUT2D eigenvalue weighted by molar-refractivity contribution is 14.1. The molecule has 2 amide bonds. The van der Waals surface area contributed by atoms with Gasteiger partial charge in [0.1, 0.15) is 17.4 Å². The van der Waals surface area contributed by atoms with E-state index in [1.807, 2.05) is 45.2 Å². The van der Waals surface area contributed by atoms with Crippen molar-refractivity contribution in [3.8, 4) is 11.9 Å². The maximum atomic E-state index is 12.4. The number of likely N-dealkylation sites (N-methyl/N-ethyl adjacent to an activating group) is 1. The number of phenols is 1. The number of halogens is 2. The van der Waals surface area contributed by atoms with Crippen LogP contribution < -0.4 is 5.32 Å². The number of rotatable bonds is 4. The number of ether oxygens (including phenoxy) is 1. The zero-order chi connectivity index (χ0) is 19.4. The molecule has 0 spiro atoms. The molecule has 1 aromatic carbocycles. The van der Waals surface area contributed by atoms with Crippen molar-refractivity contribution < 1.29 is 19.4 Å². The van der Waals surface area contributed by atoms with E-state index < -0.39 is 23.6 Å². The van der Waals surface area contributed by atoms with E-state index in [4.69, 9.17) is 10.00 Å². The van der Waals surface area contributed by atoms with E-state index in [9.17, 15) is 14.7 Å². The maximum absolute atomic E-state index is 12.4. The first kappa shape index (κ1) is 21.8. The van der Waals surface area contributed by atoms with Gasteiger partial charge in [0.25, 0.3) is 5.91 Å². The second-order valence-corrected chi connectivity index (χ2v) is 8.63. The molecule has 0 aliphatic carbocycles. The third kappa shape index (κ3) is 6.85. The van der Waals surface area contributed by atoms with Gasteiger partial charge in [-0.1, -0.05) is 0 Å². The minimum atomic E-state index is -0.962. The molecule has 9 heteroatoms. The molecule has 0 aliphatic rings. The topological polar surface area (TPSA) is 103 Å². The average molecular weight is 571 g/mol. The van der Waals surface area contributed by atoms with Gasteiger partial charge in [0.05, 0.1) is 7.14 Å². The highest BCUT2D eigenvalue weighted by Crippen LogP contribution is 2.28. The normalized spacial score (nSPS) is 12.0. The van der Waals surface area contributed by atoms with Crippen molar-refractivity contribution in [2.45, 2.75) is 38.8 Å². The SMILES string of the molecule is CN(C#N)C(=O)[C@H](Cc1cc(I)c(O)c(I)c1)NC(=O)OC(C)(C)C. The number of nitrogens with one attached hydrogen (secondary N) is 1. The first-order valence-corrected chi connectivity index (χ1v) is 9.44. The number of benzene rings is 1. The van der Waals surface area contributed by atoms with Crippen LogP contribution in [0.5, 0.6) is 5.75 Å². The molecule has 1 atom stereocenters. The molecule has 0 radical (unpaired) electrons. The number of carbonyl (C=O) groups is 2. The molecule has 0 aromatic heterocycles. The Labute approximate surface area is 174 Å². The molecule has 1 aromatic rings. The largest absolute Gasteiger partial charge is 0.506 e. The fraction of sp³-hybridized carbons (Fsp3) is 0.438. The standard InChI is InChI=1S/C16H19I2N3O4/c1-16(2,3)25-15(24)20-12(14(23)21(4)8-19)7-9-5-10(17)13(22)11(18)6-9/h5-6,12,22H,7H2,1-4H3,(H,20,24)/t12-/m0/s1. The van der Waals surface area contributed by atoms with E-state index in [1.54, 1.807) is 39.1 Å².